The fourth-order valence-electron chi connectivity index (χ4n) is 11.2. The number of aliphatic hydroxyl groups is 2. The van der Waals surface area contributed by atoms with Crippen LogP contribution >= 0.6 is 0 Å². The van der Waals surface area contributed by atoms with Gasteiger partial charge in [-0.25, -0.2) is 0 Å². The molecule has 2 aromatic rings. The van der Waals surface area contributed by atoms with Gasteiger partial charge in [0.2, 0.25) is 0 Å². The lowest BCUT2D eigenvalue weighted by molar-refractivity contribution is -0.122. The molecule has 2 aromatic carbocycles. The number of benzene rings is 2. The van der Waals surface area contributed by atoms with Gasteiger partial charge < -0.3 is 15.9 Å². The van der Waals surface area contributed by atoms with E-state index in [-0.39, 0.29) is 105 Å². The lowest BCUT2D eigenvalue weighted by atomic mass is 9.63. The van der Waals surface area contributed by atoms with Crippen molar-refractivity contribution >= 4 is 46.6 Å². The third-order valence-corrected chi connectivity index (χ3v) is 14.3. The number of fused-ring (bicyclic) bond motifs is 4. The van der Waals surface area contributed by atoms with Gasteiger partial charge in [-0.15, -0.1) is 10.2 Å². The number of anilines is 1. The molecule has 13 heteroatoms. The van der Waals surface area contributed by atoms with Crippen LogP contribution in [0.3, 0.4) is 0 Å². The maximum atomic E-state index is 13.1. The average molecular weight is 828 g/mol. The fraction of sp³-hybridized carbons (Fsp3) is 0.458. The number of nitrogens with two attached hydrogens (primary N) is 1. The summed E-state index contributed by atoms with van der Waals surface area (Å²) in [5, 5.41) is 28.7. The average Bonchev–Trinajstić information content (AvgIpc) is 3.93. The molecule has 2 aliphatic heterocycles. The first kappa shape index (κ1) is 41.7. The molecule has 2 fully saturated rings. The molecule has 12 rings (SSSR count). The van der Waals surface area contributed by atoms with Crippen LogP contribution in [0.2, 0.25) is 0 Å². The highest BCUT2D eigenvalue weighted by molar-refractivity contribution is 6.24. The number of nitrogen functional groups attached to an aromatic ring is 1. The topological polar surface area (TPSA) is 200 Å². The number of Topliss-reactive ketones (excluding diaryl/α,β-unsaturated/α-hetero) is 1. The van der Waals surface area contributed by atoms with E-state index in [2.05, 4.69) is 34.5 Å². The zero-order valence-electron chi connectivity index (χ0n) is 35.0. The summed E-state index contributed by atoms with van der Waals surface area (Å²) in [5.74, 6) is -0.0853. The molecule has 2 heterocycles. The summed E-state index contributed by atoms with van der Waals surface area (Å²) in [7, 11) is 0. The first-order chi connectivity index (χ1) is 29.4. The number of hydrogen-bond acceptors (Lipinski definition) is 11. The molecule has 8 unspecified atom stereocenters. The van der Waals surface area contributed by atoms with E-state index in [0.717, 1.165) is 38.5 Å². The number of allylic oxidation sites excluding steroid dienone is 8. The molecular weight excluding hydrogens is 775 g/mol. The number of imide groups is 2. The summed E-state index contributed by atoms with van der Waals surface area (Å²) in [6, 6.07) is 9.69. The van der Waals surface area contributed by atoms with Gasteiger partial charge in [0.05, 0.1) is 27.9 Å². The summed E-state index contributed by atoms with van der Waals surface area (Å²) < 4.78 is 0. The standard InChI is InChI=1S/C24H25N3O4.C13H16N2O2.C11H12O2/c1-3-14(4-2)27-23(30)15-6-5-7-16(19(15)24(27)31)25-26-20-21(28)17-12-8-9-13(11-10-12)18(17)22(20)29;1-3-8(4-2)15-12(16)9-6-5-7-10(14)11(9)13(15)17;12-8-5-9(13)11-7-2-1-6(3-4-7)10(8)11/h5-9,12-14,17-18,28H,3-4,10-11H2,1-2H3;5-8H,3-4,14H2,1-2H3;1-2,5-7,10-12H,3-4H2. The largest absolute Gasteiger partial charge is 0.512 e. The summed E-state index contributed by atoms with van der Waals surface area (Å²) >= 11 is 0. The SMILES string of the molecule is CCC(CC)N1C(=O)c2cccc(N)c2C1=O.CCC(CC)N1C(=O)c2cccc(N=NC3=C(O)C4C5C=CC(CC5)C4C3=O)c2C1=O.O=C1C=C(O)C2C3C=CC(CC3)C12. The molecule has 8 aliphatic carbocycles. The van der Waals surface area contributed by atoms with E-state index in [1.807, 2.05) is 27.7 Å². The highest BCUT2D eigenvalue weighted by Gasteiger charge is 2.53. The van der Waals surface area contributed by atoms with Crippen molar-refractivity contribution in [2.45, 2.75) is 91.1 Å². The molecule has 0 saturated heterocycles. The monoisotopic (exact) mass is 827 g/mol. The van der Waals surface area contributed by atoms with Gasteiger partial charge in [-0.3, -0.25) is 38.6 Å². The molecule has 0 radical (unpaired) electrons. The Morgan fingerprint density at radius 1 is 0.607 bits per heavy atom. The zero-order valence-corrected chi connectivity index (χ0v) is 35.0. The van der Waals surface area contributed by atoms with Crippen LogP contribution in [0.1, 0.15) is 120 Å². The van der Waals surface area contributed by atoms with Gasteiger partial charge in [0, 0.05) is 47.5 Å². The second-order valence-electron chi connectivity index (χ2n) is 17.3. The van der Waals surface area contributed by atoms with Crippen molar-refractivity contribution in [2.75, 3.05) is 5.73 Å². The Hall–Kier alpha value is -5.98. The first-order valence-electron chi connectivity index (χ1n) is 21.8. The molecule has 0 spiro atoms. The van der Waals surface area contributed by atoms with Gasteiger partial charge in [0.25, 0.3) is 23.6 Å². The Morgan fingerprint density at radius 3 is 1.57 bits per heavy atom. The van der Waals surface area contributed by atoms with E-state index in [9.17, 15) is 39.0 Å². The van der Waals surface area contributed by atoms with Crippen LogP contribution in [-0.2, 0) is 9.59 Å². The van der Waals surface area contributed by atoms with Crippen LogP contribution in [0.4, 0.5) is 11.4 Å². The number of hydrogen-bond donors (Lipinski definition) is 3. The predicted octanol–water partition coefficient (Wildman–Crippen LogP) is 8.63. The van der Waals surface area contributed by atoms with E-state index >= 15 is 0 Å². The maximum absolute atomic E-state index is 13.1. The van der Waals surface area contributed by atoms with Gasteiger partial charge in [-0.2, -0.15) is 0 Å². The summed E-state index contributed by atoms with van der Waals surface area (Å²) in [4.78, 5) is 77.5. The van der Waals surface area contributed by atoms with E-state index in [0.29, 0.717) is 52.8 Å². The van der Waals surface area contributed by atoms with Crippen molar-refractivity contribution in [1.29, 1.82) is 0 Å². The number of ketones is 2. The van der Waals surface area contributed by atoms with Crippen LogP contribution in [0.5, 0.6) is 0 Å². The lowest BCUT2D eigenvalue weighted by Gasteiger charge is -2.40. The van der Waals surface area contributed by atoms with Gasteiger partial charge in [-0.1, -0.05) is 64.1 Å². The Kier molecular flexibility index (Phi) is 11.3. The minimum atomic E-state index is -0.380. The minimum absolute atomic E-state index is 0.00596. The molecule has 8 atom stereocenters. The Bertz CT molecular complexity index is 2370. The molecule has 4 amide bonds. The van der Waals surface area contributed by atoms with Crippen molar-refractivity contribution in [3.63, 3.8) is 0 Å². The molecule has 2 saturated carbocycles. The third-order valence-electron chi connectivity index (χ3n) is 14.3. The van der Waals surface area contributed by atoms with Gasteiger partial charge >= 0.3 is 0 Å². The summed E-state index contributed by atoms with van der Waals surface area (Å²) in [6.45, 7) is 7.84. The van der Waals surface area contributed by atoms with E-state index < -0.39 is 0 Å². The smallest absolute Gasteiger partial charge is 0.264 e. The van der Waals surface area contributed by atoms with Gasteiger partial charge in [0.15, 0.2) is 17.3 Å². The molecular formula is C48H53N5O8. The van der Waals surface area contributed by atoms with Crippen molar-refractivity contribution < 1.29 is 39.0 Å². The number of carbonyl (C=O) groups excluding carboxylic acids is 6. The van der Waals surface area contributed by atoms with Crippen molar-refractivity contribution in [2.24, 2.45) is 57.6 Å². The predicted molar refractivity (Wildman–Crippen MR) is 227 cm³/mol. The maximum Gasteiger partial charge on any atom is 0.264 e. The number of amides is 4. The third kappa shape index (κ3) is 6.76. The number of rotatable bonds is 8. The van der Waals surface area contributed by atoms with E-state index in [1.165, 1.54) is 15.9 Å². The second kappa shape index (κ2) is 16.5. The molecule has 61 heavy (non-hydrogen) atoms. The quantitative estimate of drug-likeness (QED) is 0.101. The molecule has 4 N–H and O–H groups in total. The number of carbonyl (C=O) groups is 6. The lowest BCUT2D eigenvalue weighted by Crippen LogP contribution is -2.39. The van der Waals surface area contributed by atoms with Gasteiger partial charge in [-0.05, 0) is 99.3 Å². The normalized spacial score (nSPS) is 28.8. The summed E-state index contributed by atoms with van der Waals surface area (Å²) in [5.41, 5.74) is 7.70. The highest BCUT2D eigenvalue weighted by Crippen LogP contribution is 2.53. The number of azo groups is 1. The Morgan fingerprint density at radius 2 is 1.08 bits per heavy atom. The molecule has 4 bridgehead atoms. The van der Waals surface area contributed by atoms with Crippen molar-refractivity contribution in [3.05, 3.63) is 106 Å². The van der Waals surface area contributed by atoms with E-state index in [1.54, 1.807) is 36.4 Å². The molecule has 0 aromatic heterocycles. The first-order valence-corrected chi connectivity index (χ1v) is 21.8. The highest BCUT2D eigenvalue weighted by atomic mass is 16.3. The number of aliphatic hydroxyl groups excluding tert-OH is 2. The van der Waals surface area contributed by atoms with Crippen LogP contribution in [0.25, 0.3) is 0 Å². The van der Waals surface area contributed by atoms with Crippen molar-refractivity contribution in [3.8, 4) is 0 Å². The molecule has 13 nitrogen and oxygen atoms in total. The summed E-state index contributed by atoms with van der Waals surface area (Å²) in [6.07, 6.45) is 17.0. The van der Waals surface area contributed by atoms with Crippen LogP contribution in [-0.4, -0.2) is 67.3 Å². The number of nitrogens with zero attached hydrogens (tertiary/aromatic N) is 4. The van der Waals surface area contributed by atoms with Crippen LogP contribution in [0, 0.1) is 47.3 Å². The zero-order chi connectivity index (χ0) is 43.4. The molecule has 10 aliphatic rings. The van der Waals surface area contributed by atoms with Crippen LogP contribution < -0.4 is 5.73 Å². The molecule has 318 valence electrons. The Balaban J connectivity index is 0.000000143. The minimum Gasteiger partial charge on any atom is -0.512 e. The van der Waals surface area contributed by atoms with E-state index in [4.69, 9.17) is 5.73 Å². The van der Waals surface area contributed by atoms with Crippen LogP contribution in [0.15, 0.2) is 94.2 Å². The Labute approximate surface area is 355 Å². The fourth-order valence-corrected chi connectivity index (χ4v) is 11.2. The van der Waals surface area contributed by atoms with Gasteiger partial charge in [0.1, 0.15) is 11.5 Å². The van der Waals surface area contributed by atoms with Crippen molar-refractivity contribution in [1.82, 2.24) is 9.80 Å². The second-order valence-corrected chi connectivity index (χ2v) is 17.3.